The van der Waals surface area contributed by atoms with Gasteiger partial charge < -0.3 is 8.83 Å². The summed E-state index contributed by atoms with van der Waals surface area (Å²) in [6.45, 7) is 0. The Balaban J connectivity index is 1.24. The topological polar surface area (TPSA) is 65.0 Å². The van der Waals surface area contributed by atoms with Crippen molar-refractivity contribution in [2.45, 2.75) is 0 Å². The number of benzene rings is 7. The number of furan rings is 2. The number of aromatic nitrogens is 3. The van der Waals surface area contributed by atoms with Gasteiger partial charge in [0.2, 0.25) is 0 Å². The Morgan fingerprint density at radius 1 is 0.392 bits per heavy atom. The van der Waals surface area contributed by atoms with Crippen LogP contribution in [0.3, 0.4) is 0 Å². The molecule has 0 saturated heterocycles. The van der Waals surface area contributed by atoms with Crippen molar-refractivity contribution in [1.29, 1.82) is 0 Å². The molecule has 0 amide bonds. The molecule has 11 rings (SSSR count). The van der Waals surface area contributed by atoms with Gasteiger partial charge in [-0.1, -0.05) is 115 Å². The second kappa shape index (κ2) is 10.9. The molecule has 0 spiro atoms. The van der Waals surface area contributed by atoms with Gasteiger partial charge in [-0.2, -0.15) is 0 Å². The summed E-state index contributed by atoms with van der Waals surface area (Å²) >= 11 is 1.78. The lowest BCUT2D eigenvalue weighted by molar-refractivity contribution is 0.668. The van der Waals surface area contributed by atoms with Crippen molar-refractivity contribution in [2.75, 3.05) is 0 Å². The molecular formula is C45H25N3O2S. The lowest BCUT2D eigenvalue weighted by atomic mass is 9.93. The molecule has 6 heteroatoms. The molecule has 0 aliphatic rings. The highest BCUT2D eigenvalue weighted by atomic mass is 32.1. The molecule has 0 saturated carbocycles. The van der Waals surface area contributed by atoms with Crippen molar-refractivity contribution >= 4 is 75.4 Å². The fourth-order valence-electron chi connectivity index (χ4n) is 7.43. The Bertz CT molecular complexity index is 3160. The van der Waals surface area contributed by atoms with Crippen LogP contribution >= 0.6 is 11.3 Å². The molecule has 0 N–H and O–H groups in total. The zero-order chi connectivity index (χ0) is 33.5. The fourth-order valence-corrected chi connectivity index (χ4v) is 8.58. The van der Waals surface area contributed by atoms with Crippen LogP contribution < -0.4 is 0 Å². The third-order valence-corrected chi connectivity index (χ3v) is 10.9. The van der Waals surface area contributed by atoms with Gasteiger partial charge in [-0.15, -0.1) is 11.3 Å². The molecule has 238 valence electrons. The summed E-state index contributed by atoms with van der Waals surface area (Å²) in [6.07, 6.45) is 0. The van der Waals surface area contributed by atoms with E-state index in [1.165, 1.54) is 20.2 Å². The van der Waals surface area contributed by atoms with Crippen LogP contribution in [0.1, 0.15) is 0 Å². The van der Waals surface area contributed by atoms with Crippen LogP contribution in [0.15, 0.2) is 160 Å². The molecule has 0 aliphatic heterocycles. The molecule has 7 aromatic carbocycles. The number of nitrogens with zero attached hydrogens (tertiary/aromatic N) is 3. The van der Waals surface area contributed by atoms with Gasteiger partial charge in [0, 0.05) is 64.0 Å². The SMILES string of the molecule is c1ccc(-c2nc(-c3ccc4c(c3)sc3ccccc34)nc(-c3c(-c4cccc5c4oc4ccccc45)ccc4oc5ccccc5c34)n2)cc1. The van der Waals surface area contributed by atoms with Gasteiger partial charge >= 0.3 is 0 Å². The Hall–Kier alpha value is -6.63. The van der Waals surface area contributed by atoms with E-state index in [9.17, 15) is 0 Å². The Labute approximate surface area is 295 Å². The second-order valence-electron chi connectivity index (χ2n) is 12.7. The smallest absolute Gasteiger partial charge is 0.165 e. The van der Waals surface area contributed by atoms with Crippen LogP contribution in [-0.2, 0) is 0 Å². The predicted molar refractivity (Wildman–Crippen MR) is 209 cm³/mol. The van der Waals surface area contributed by atoms with Crippen molar-refractivity contribution in [3.05, 3.63) is 152 Å². The predicted octanol–water partition coefficient (Wildman–Crippen LogP) is 12.7. The molecular weight excluding hydrogens is 647 g/mol. The van der Waals surface area contributed by atoms with Gasteiger partial charge in [0.25, 0.3) is 0 Å². The quantitative estimate of drug-likeness (QED) is 0.186. The molecule has 51 heavy (non-hydrogen) atoms. The van der Waals surface area contributed by atoms with Gasteiger partial charge in [-0.3, -0.25) is 0 Å². The van der Waals surface area contributed by atoms with Gasteiger partial charge in [-0.05, 0) is 42.0 Å². The van der Waals surface area contributed by atoms with Gasteiger partial charge in [-0.25, -0.2) is 15.0 Å². The van der Waals surface area contributed by atoms with Crippen LogP contribution in [0.2, 0.25) is 0 Å². The van der Waals surface area contributed by atoms with Crippen LogP contribution in [0.4, 0.5) is 0 Å². The van der Waals surface area contributed by atoms with E-state index in [-0.39, 0.29) is 0 Å². The van der Waals surface area contributed by atoms with Crippen molar-refractivity contribution in [3.8, 4) is 45.3 Å². The molecule has 4 aromatic heterocycles. The standard InChI is InChI=1S/C45H25N3O2S/c1-2-11-26(12-3-1)43-46-44(27-21-22-30-29-14-6-9-20-38(29)51-39(30)25-27)48-45(47-43)41-31(23-24-37-40(41)34-15-5-8-19-36(34)49-37)33-17-10-16-32-28-13-4-7-18-35(28)50-42(32)33/h1-25H. The number of hydrogen-bond donors (Lipinski definition) is 0. The normalized spacial score (nSPS) is 11.9. The highest BCUT2D eigenvalue weighted by Gasteiger charge is 2.24. The van der Waals surface area contributed by atoms with E-state index in [4.69, 9.17) is 23.8 Å². The number of thiophene rings is 1. The van der Waals surface area contributed by atoms with Crippen LogP contribution in [-0.4, -0.2) is 15.0 Å². The maximum Gasteiger partial charge on any atom is 0.165 e. The number of hydrogen-bond acceptors (Lipinski definition) is 6. The fraction of sp³-hybridized carbons (Fsp3) is 0. The number of fused-ring (bicyclic) bond motifs is 9. The zero-order valence-electron chi connectivity index (χ0n) is 27.0. The minimum atomic E-state index is 0.565. The first kappa shape index (κ1) is 28.2. The van der Waals surface area contributed by atoms with Gasteiger partial charge in [0.05, 0.1) is 0 Å². The Morgan fingerprint density at radius 3 is 1.92 bits per heavy atom. The Kier molecular flexibility index (Phi) is 6.05. The molecule has 4 heterocycles. The molecule has 0 fully saturated rings. The summed E-state index contributed by atoms with van der Waals surface area (Å²) in [6, 6.07) is 52.0. The van der Waals surface area contributed by atoms with Crippen LogP contribution in [0.25, 0.3) is 109 Å². The average Bonchev–Trinajstić information content (AvgIpc) is 3.88. The van der Waals surface area contributed by atoms with E-state index in [2.05, 4.69) is 78.9 Å². The van der Waals surface area contributed by atoms with E-state index < -0.39 is 0 Å². The zero-order valence-corrected chi connectivity index (χ0v) is 27.8. The number of para-hydroxylation sites is 3. The van der Waals surface area contributed by atoms with E-state index >= 15 is 0 Å². The van der Waals surface area contributed by atoms with E-state index in [1.807, 2.05) is 72.8 Å². The highest BCUT2D eigenvalue weighted by Crippen LogP contribution is 2.45. The van der Waals surface area contributed by atoms with Gasteiger partial charge in [0.15, 0.2) is 17.5 Å². The molecule has 0 bridgehead atoms. The largest absolute Gasteiger partial charge is 0.456 e. The van der Waals surface area contributed by atoms with E-state index in [0.717, 1.165) is 71.7 Å². The molecule has 11 aromatic rings. The first-order chi connectivity index (χ1) is 25.3. The molecule has 0 unspecified atom stereocenters. The molecule has 5 nitrogen and oxygen atoms in total. The minimum Gasteiger partial charge on any atom is -0.456 e. The van der Waals surface area contributed by atoms with Crippen molar-refractivity contribution in [2.24, 2.45) is 0 Å². The maximum atomic E-state index is 6.59. The first-order valence-corrected chi connectivity index (χ1v) is 17.7. The highest BCUT2D eigenvalue weighted by molar-refractivity contribution is 7.25. The van der Waals surface area contributed by atoms with Crippen molar-refractivity contribution < 1.29 is 8.83 Å². The maximum absolute atomic E-state index is 6.59. The minimum absolute atomic E-state index is 0.565. The van der Waals surface area contributed by atoms with E-state index in [1.54, 1.807) is 11.3 Å². The van der Waals surface area contributed by atoms with Crippen LogP contribution in [0.5, 0.6) is 0 Å². The summed E-state index contributed by atoms with van der Waals surface area (Å²) < 4.78 is 15.5. The number of rotatable bonds is 4. The third kappa shape index (κ3) is 4.37. The molecule has 0 aliphatic carbocycles. The van der Waals surface area contributed by atoms with Crippen molar-refractivity contribution in [1.82, 2.24) is 15.0 Å². The summed E-state index contributed by atoms with van der Waals surface area (Å²) in [4.78, 5) is 15.7. The lowest BCUT2D eigenvalue weighted by Crippen LogP contribution is -2.01. The van der Waals surface area contributed by atoms with Crippen molar-refractivity contribution in [3.63, 3.8) is 0 Å². The molecule has 0 atom stereocenters. The lowest BCUT2D eigenvalue weighted by Gasteiger charge is -2.14. The Morgan fingerprint density at radius 2 is 1.06 bits per heavy atom. The summed E-state index contributed by atoms with van der Waals surface area (Å²) in [5, 5.41) is 6.57. The molecule has 0 radical (unpaired) electrons. The monoisotopic (exact) mass is 671 g/mol. The average molecular weight is 672 g/mol. The first-order valence-electron chi connectivity index (χ1n) is 16.9. The van der Waals surface area contributed by atoms with E-state index in [0.29, 0.717) is 17.5 Å². The third-order valence-electron chi connectivity index (χ3n) is 9.77. The van der Waals surface area contributed by atoms with Gasteiger partial charge in [0.1, 0.15) is 22.3 Å². The summed E-state index contributed by atoms with van der Waals surface area (Å²) in [5.41, 5.74) is 7.87. The summed E-state index contributed by atoms with van der Waals surface area (Å²) in [7, 11) is 0. The summed E-state index contributed by atoms with van der Waals surface area (Å²) in [5.74, 6) is 1.77. The van der Waals surface area contributed by atoms with Crippen LogP contribution in [0, 0.1) is 0 Å². The second-order valence-corrected chi connectivity index (χ2v) is 13.8.